The minimum Gasteiger partial charge on any atom is -0.356 e. The van der Waals surface area contributed by atoms with Crippen molar-refractivity contribution in [2.75, 3.05) is 33.8 Å². The molecule has 0 heterocycles. The Kier molecular flexibility index (Phi) is 7.47. The summed E-state index contributed by atoms with van der Waals surface area (Å²) in [6.07, 6.45) is 0.442. The number of thiocarbonyl (C=S) groups is 2. The monoisotopic (exact) mass is 406 g/mol. The molecule has 0 radical (unpaired) electrons. The average Bonchev–Trinajstić information content (AvgIpc) is 2.67. The number of rotatable bonds is 7. The van der Waals surface area contributed by atoms with Crippen LogP contribution in [0.5, 0.6) is 0 Å². The molecule has 0 aliphatic heterocycles. The summed E-state index contributed by atoms with van der Waals surface area (Å²) in [4.78, 5) is 4.87. The first-order chi connectivity index (χ1) is 12.4. The van der Waals surface area contributed by atoms with E-state index >= 15 is 0 Å². The van der Waals surface area contributed by atoms with Gasteiger partial charge >= 0.3 is 0 Å². The summed E-state index contributed by atoms with van der Waals surface area (Å²) in [7, 11) is 2.15. The topological polar surface area (TPSA) is 32.8 Å². The Morgan fingerprint density at radius 2 is 1.19 bits per heavy atom. The van der Waals surface area contributed by atoms with Crippen LogP contribution in [0.4, 0.5) is 0 Å². The van der Waals surface area contributed by atoms with Crippen molar-refractivity contribution in [1.82, 2.24) is 9.80 Å². The summed E-state index contributed by atoms with van der Waals surface area (Å²) in [6.45, 7) is 0. The Morgan fingerprint density at radius 1 is 0.846 bits per heavy atom. The van der Waals surface area contributed by atoms with Crippen molar-refractivity contribution < 1.29 is 9.09 Å². The number of hydrogen-bond donors (Lipinski definition) is 0. The molecule has 0 aliphatic rings. The molecule has 0 atom stereocenters. The van der Waals surface area contributed by atoms with Gasteiger partial charge in [0.25, 0.3) is 0 Å². The minimum absolute atomic E-state index is 0.221. The lowest BCUT2D eigenvalue weighted by atomic mass is 10.2. The quantitative estimate of drug-likeness (QED) is 0.499. The molecule has 2 rings (SSSR count). The second kappa shape index (κ2) is 9.38. The van der Waals surface area contributed by atoms with Crippen LogP contribution in [-0.4, -0.2) is 53.6 Å². The summed E-state index contributed by atoms with van der Waals surface area (Å²) < 4.78 is 18.7. The molecular weight excluding hydrogens is 383 g/mol. The first-order valence-electron chi connectivity index (χ1n) is 8.11. The maximum absolute atomic E-state index is 13.2. The summed E-state index contributed by atoms with van der Waals surface area (Å²) in [5.41, 5.74) is 1.83. The molecular formula is C19H23N2O2PS2. The molecule has 0 spiro atoms. The van der Waals surface area contributed by atoms with E-state index in [4.69, 9.17) is 29.0 Å². The Morgan fingerprint density at radius 3 is 1.50 bits per heavy atom. The van der Waals surface area contributed by atoms with Gasteiger partial charge in [0, 0.05) is 32.3 Å². The zero-order chi connectivity index (χ0) is 19.2. The zero-order valence-corrected chi connectivity index (χ0v) is 17.7. The van der Waals surface area contributed by atoms with E-state index in [0.29, 0.717) is 9.98 Å². The Bertz CT molecular complexity index is 736. The van der Waals surface area contributed by atoms with E-state index in [-0.39, 0.29) is 12.6 Å². The van der Waals surface area contributed by atoms with Crippen molar-refractivity contribution in [2.45, 2.75) is 0 Å². The van der Waals surface area contributed by atoms with Crippen LogP contribution < -0.4 is 0 Å². The van der Waals surface area contributed by atoms with E-state index in [2.05, 4.69) is 0 Å². The average molecular weight is 407 g/mol. The highest BCUT2D eigenvalue weighted by molar-refractivity contribution is 7.81. The summed E-state index contributed by atoms with van der Waals surface area (Å²) in [6, 6.07) is 19.3. The van der Waals surface area contributed by atoms with Gasteiger partial charge in [-0.05, 0) is 0 Å². The molecule has 2 aromatic carbocycles. The highest BCUT2D eigenvalue weighted by atomic mass is 32.1. The molecule has 0 amide bonds. The SMILES string of the molecule is COP(=O)(CN(C)C(=S)c1ccccc1)CN(C)C(=S)c1ccccc1. The fourth-order valence-corrected chi connectivity index (χ4v) is 5.03. The van der Waals surface area contributed by atoms with Gasteiger partial charge in [-0.15, -0.1) is 0 Å². The summed E-state index contributed by atoms with van der Waals surface area (Å²) >= 11 is 11.0. The molecule has 0 saturated heterocycles. The third-order valence-corrected chi connectivity index (χ3v) is 7.39. The van der Waals surface area contributed by atoms with E-state index in [1.165, 1.54) is 7.11 Å². The predicted molar refractivity (Wildman–Crippen MR) is 116 cm³/mol. The van der Waals surface area contributed by atoms with Crippen molar-refractivity contribution in [3.8, 4) is 0 Å². The molecule has 2 aromatic rings. The maximum atomic E-state index is 13.2. The van der Waals surface area contributed by atoms with Crippen LogP contribution in [0.1, 0.15) is 11.1 Å². The second-order valence-electron chi connectivity index (χ2n) is 6.02. The Labute approximate surface area is 166 Å². The molecule has 138 valence electrons. The van der Waals surface area contributed by atoms with Gasteiger partial charge < -0.3 is 14.3 Å². The van der Waals surface area contributed by atoms with Gasteiger partial charge in [-0.1, -0.05) is 85.1 Å². The van der Waals surface area contributed by atoms with E-state index in [1.54, 1.807) is 9.80 Å². The first kappa shape index (κ1) is 20.7. The molecule has 0 saturated carbocycles. The summed E-state index contributed by atoms with van der Waals surface area (Å²) in [5.74, 6) is 0. The highest BCUT2D eigenvalue weighted by Crippen LogP contribution is 2.47. The number of hydrogen-bond acceptors (Lipinski definition) is 4. The van der Waals surface area contributed by atoms with Crippen molar-refractivity contribution in [2.24, 2.45) is 0 Å². The van der Waals surface area contributed by atoms with Crippen LogP contribution in [0, 0.1) is 0 Å². The largest absolute Gasteiger partial charge is 0.356 e. The van der Waals surface area contributed by atoms with Gasteiger partial charge in [0.2, 0.25) is 7.37 Å². The molecule has 26 heavy (non-hydrogen) atoms. The van der Waals surface area contributed by atoms with Crippen LogP contribution in [0.3, 0.4) is 0 Å². The van der Waals surface area contributed by atoms with Crippen molar-refractivity contribution in [1.29, 1.82) is 0 Å². The lowest BCUT2D eigenvalue weighted by Crippen LogP contribution is -2.32. The van der Waals surface area contributed by atoms with Crippen LogP contribution in [0.2, 0.25) is 0 Å². The maximum Gasteiger partial charge on any atom is 0.240 e. The van der Waals surface area contributed by atoms with Gasteiger partial charge in [-0.3, -0.25) is 4.57 Å². The molecule has 0 aliphatic carbocycles. The third-order valence-electron chi connectivity index (χ3n) is 3.92. The van der Waals surface area contributed by atoms with Crippen molar-refractivity contribution in [3.05, 3.63) is 71.8 Å². The fourth-order valence-electron chi connectivity index (χ4n) is 2.54. The van der Waals surface area contributed by atoms with Gasteiger partial charge in [0.05, 0.1) is 12.6 Å². The highest BCUT2D eigenvalue weighted by Gasteiger charge is 2.28. The molecule has 0 fully saturated rings. The van der Waals surface area contributed by atoms with E-state index in [0.717, 1.165) is 11.1 Å². The fraction of sp³-hybridized carbons (Fsp3) is 0.263. The van der Waals surface area contributed by atoms with Gasteiger partial charge in [0.15, 0.2) is 0 Å². The zero-order valence-electron chi connectivity index (χ0n) is 15.2. The normalized spacial score (nSPS) is 11.0. The van der Waals surface area contributed by atoms with Gasteiger partial charge in [0.1, 0.15) is 9.98 Å². The molecule has 0 bridgehead atoms. The third kappa shape index (κ3) is 5.45. The smallest absolute Gasteiger partial charge is 0.240 e. The van der Waals surface area contributed by atoms with E-state index in [1.807, 2.05) is 74.8 Å². The minimum atomic E-state index is -2.98. The van der Waals surface area contributed by atoms with E-state index in [9.17, 15) is 4.57 Å². The van der Waals surface area contributed by atoms with Crippen LogP contribution in [-0.2, 0) is 9.09 Å². The standard InChI is InChI=1S/C19H23N2O2PS2/c1-20(18(25)16-10-6-4-7-11-16)14-24(22,23-3)15-21(2)19(26)17-12-8-5-9-13-17/h4-13H,14-15H2,1-3H3. The lowest BCUT2D eigenvalue weighted by molar-refractivity contribution is 0.364. The second-order valence-corrected chi connectivity index (χ2v) is 9.35. The summed E-state index contributed by atoms with van der Waals surface area (Å²) in [5, 5.41) is 0. The number of benzene rings is 2. The van der Waals surface area contributed by atoms with E-state index < -0.39 is 7.37 Å². The lowest BCUT2D eigenvalue weighted by Gasteiger charge is -2.29. The van der Waals surface area contributed by atoms with Gasteiger partial charge in [-0.25, -0.2) is 0 Å². The van der Waals surface area contributed by atoms with Crippen molar-refractivity contribution in [3.63, 3.8) is 0 Å². The molecule has 0 aromatic heterocycles. The number of nitrogens with zero attached hydrogens (tertiary/aromatic N) is 2. The van der Waals surface area contributed by atoms with Crippen molar-refractivity contribution >= 4 is 41.8 Å². The Hall–Kier alpha value is -1.59. The van der Waals surface area contributed by atoms with Crippen LogP contribution in [0.15, 0.2) is 60.7 Å². The molecule has 4 nitrogen and oxygen atoms in total. The Balaban J connectivity index is 2.06. The molecule has 7 heteroatoms. The van der Waals surface area contributed by atoms with Gasteiger partial charge in [-0.2, -0.15) is 0 Å². The van der Waals surface area contributed by atoms with Crippen LogP contribution in [0.25, 0.3) is 0 Å². The first-order valence-corrected chi connectivity index (χ1v) is 10.9. The van der Waals surface area contributed by atoms with Crippen LogP contribution >= 0.6 is 31.8 Å². The molecule has 0 unspecified atom stereocenters. The predicted octanol–water partition coefficient (Wildman–Crippen LogP) is 4.44. The molecule has 0 N–H and O–H groups in total.